The van der Waals surface area contributed by atoms with Crippen LogP contribution in [0.15, 0.2) is 23.2 Å². The maximum Gasteiger partial charge on any atom is 0.407 e. The quantitative estimate of drug-likeness (QED) is 0.638. The van der Waals surface area contributed by atoms with Crippen LogP contribution in [0, 0.1) is 28.4 Å². The van der Waals surface area contributed by atoms with Crippen molar-refractivity contribution in [3.8, 4) is 11.8 Å². The van der Waals surface area contributed by atoms with Gasteiger partial charge in [-0.2, -0.15) is 27.2 Å². The van der Waals surface area contributed by atoms with Crippen LogP contribution in [0.5, 0.6) is 5.75 Å². The highest BCUT2D eigenvalue weighted by molar-refractivity contribution is 7.92. The molecule has 1 atom stereocenters. The van der Waals surface area contributed by atoms with Gasteiger partial charge in [-0.1, -0.05) is 0 Å². The van der Waals surface area contributed by atoms with E-state index in [4.69, 9.17) is 5.26 Å². The topological polar surface area (TPSA) is 95.0 Å². The van der Waals surface area contributed by atoms with Crippen molar-refractivity contribution < 1.29 is 43.9 Å². The van der Waals surface area contributed by atoms with Crippen molar-refractivity contribution in [3.05, 3.63) is 41.2 Å². The molecule has 3 rings (SSSR count). The van der Waals surface area contributed by atoms with Crippen LogP contribution < -0.4 is 9.46 Å². The first-order valence-corrected chi connectivity index (χ1v) is 9.92. The molecule has 0 saturated carbocycles. The van der Waals surface area contributed by atoms with E-state index >= 15 is 0 Å². The van der Waals surface area contributed by atoms with Gasteiger partial charge in [0.15, 0.2) is 22.8 Å². The second-order valence-electron chi connectivity index (χ2n) is 6.72. The lowest BCUT2D eigenvalue weighted by Gasteiger charge is -2.32. The number of H-pyrrole nitrogens is 1. The molecule has 31 heavy (non-hydrogen) atoms. The van der Waals surface area contributed by atoms with Crippen molar-refractivity contribution in [1.29, 1.82) is 5.26 Å². The molecule has 14 heteroatoms. The molecular formula is C17H12F7N3O3S. The lowest BCUT2D eigenvalue weighted by molar-refractivity contribution is -0.206. The van der Waals surface area contributed by atoms with Crippen LogP contribution in [0.4, 0.5) is 36.4 Å². The number of halogens is 7. The molecule has 0 saturated heterocycles. The van der Waals surface area contributed by atoms with Crippen LogP contribution in [0.25, 0.3) is 0 Å². The predicted molar refractivity (Wildman–Crippen MR) is 90.7 cm³/mol. The van der Waals surface area contributed by atoms with Crippen LogP contribution in [0.3, 0.4) is 0 Å². The fourth-order valence-electron chi connectivity index (χ4n) is 3.27. The van der Waals surface area contributed by atoms with Gasteiger partial charge in [-0.15, -0.1) is 0 Å². The van der Waals surface area contributed by atoms with Crippen molar-refractivity contribution in [1.82, 2.24) is 4.98 Å². The summed E-state index contributed by atoms with van der Waals surface area (Å²) in [5.74, 6) is -4.04. The zero-order valence-corrected chi connectivity index (χ0v) is 16.0. The van der Waals surface area contributed by atoms with Gasteiger partial charge < -0.3 is 9.72 Å². The Hall–Kier alpha value is -2.95. The zero-order chi connectivity index (χ0) is 23.2. The van der Waals surface area contributed by atoms with Crippen LogP contribution in [0.1, 0.15) is 17.7 Å². The second-order valence-corrected chi connectivity index (χ2v) is 8.38. The number of aromatic amines is 1. The molecule has 0 fully saturated rings. The number of nitrogens with zero attached hydrogens (tertiary/aromatic N) is 1. The fourth-order valence-corrected chi connectivity index (χ4v) is 4.59. The molecule has 1 aliphatic carbocycles. The van der Waals surface area contributed by atoms with E-state index in [-0.39, 0.29) is 23.4 Å². The number of nitrogens with one attached hydrogen (secondary N) is 2. The lowest BCUT2D eigenvalue weighted by Crippen LogP contribution is -2.41. The first-order valence-electron chi connectivity index (χ1n) is 8.43. The summed E-state index contributed by atoms with van der Waals surface area (Å²) in [6.45, 7) is -3.44. The summed E-state index contributed by atoms with van der Waals surface area (Å²) < 4.78 is 123. The maximum absolute atomic E-state index is 14.1. The average molecular weight is 471 g/mol. The van der Waals surface area contributed by atoms with E-state index in [1.165, 1.54) is 6.07 Å². The van der Waals surface area contributed by atoms with Gasteiger partial charge in [-0.3, -0.25) is 4.72 Å². The standard InChI is InChI=1S/C17H12F7N3O3S/c18-9-4-13(30-15(20)21)10(19)3-11(9)27-31(28,29)14-6-26-12-5-16(7-25,17(22,23)24)2-1-8(12)14/h3-4,6,15,26-27H,1-2,5H2/t16-/m1/s1. The molecular weight excluding hydrogens is 459 g/mol. The third-order valence-electron chi connectivity index (χ3n) is 4.85. The van der Waals surface area contributed by atoms with E-state index in [1.807, 2.05) is 0 Å². The van der Waals surface area contributed by atoms with E-state index < -0.39 is 75.5 Å². The zero-order valence-electron chi connectivity index (χ0n) is 15.2. The molecule has 1 aromatic heterocycles. The Labute approximate surface area is 170 Å². The summed E-state index contributed by atoms with van der Waals surface area (Å²) >= 11 is 0. The minimum absolute atomic E-state index is 0.0267. The van der Waals surface area contributed by atoms with Gasteiger partial charge in [0.2, 0.25) is 0 Å². The van der Waals surface area contributed by atoms with Gasteiger partial charge in [0.1, 0.15) is 4.90 Å². The smallest absolute Gasteiger partial charge is 0.407 e. The van der Waals surface area contributed by atoms with Gasteiger partial charge in [-0.25, -0.2) is 17.2 Å². The van der Waals surface area contributed by atoms with Gasteiger partial charge in [0.25, 0.3) is 10.0 Å². The SMILES string of the molecule is N#C[C@@]1(C(F)(F)F)CCc2c(S(=O)(=O)Nc3cc(F)c(OC(F)F)cc3F)c[nH]c2C1. The highest BCUT2D eigenvalue weighted by Crippen LogP contribution is 2.48. The molecule has 0 bridgehead atoms. The third-order valence-corrected chi connectivity index (χ3v) is 6.28. The number of rotatable bonds is 5. The first kappa shape index (κ1) is 22.7. The van der Waals surface area contributed by atoms with Crippen LogP contribution in [-0.4, -0.2) is 26.2 Å². The van der Waals surface area contributed by atoms with E-state index in [1.54, 1.807) is 4.72 Å². The van der Waals surface area contributed by atoms with Gasteiger partial charge in [-0.05, 0) is 18.4 Å². The number of fused-ring (bicyclic) bond motifs is 1. The van der Waals surface area contributed by atoms with Crippen molar-refractivity contribution >= 4 is 15.7 Å². The molecule has 0 aliphatic heterocycles. The number of anilines is 1. The monoisotopic (exact) mass is 471 g/mol. The molecule has 0 amide bonds. The molecule has 1 aliphatic rings. The summed E-state index contributed by atoms with van der Waals surface area (Å²) in [6, 6.07) is 1.76. The van der Waals surface area contributed by atoms with E-state index in [0.29, 0.717) is 0 Å². The minimum atomic E-state index is -4.84. The maximum atomic E-state index is 14.1. The molecule has 1 heterocycles. The Kier molecular flexibility index (Phi) is 5.59. The summed E-state index contributed by atoms with van der Waals surface area (Å²) in [7, 11) is -4.61. The van der Waals surface area contributed by atoms with E-state index in [0.717, 1.165) is 6.20 Å². The normalized spacial score (nSPS) is 19.1. The highest BCUT2D eigenvalue weighted by atomic mass is 32.2. The molecule has 6 nitrogen and oxygen atoms in total. The molecule has 0 unspecified atom stereocenters. The number of nitriles is 1. The Balaban J connectivity index is 1.92. The van der Waals surface area contributed by atoms with Crippen molar-refractivity contribution in [2.75, 3.05) is 4.72 Å². The predicted octanol–water partition coefficient (Wildman–Crippen LogP) is 4.26. The number of benzene rings is 1. The molecule has 0 spiro atoms. The Bertz CT molecular complexity index is 1150. The first-order chi connectivity index (χ1) is 14.3. The Morgan fingerprint density at radius 1 is 1.23 bits per heavy atom. The highest BCUT2D eigenvalue weighted by Gasteiger charge is 2.57. The number of ether oxygens (including phenoxy) is 1. The molecule has 168 valence electrons. The Morgan fingerprint density at radius 2 is 1.90 bits per heavy atom. The number of hydrogen-bond donors (Lipinski definition) is 2. The summed E-state index contributed by atoms with van der Waals surface area (Å²) in [4.78, 5) is 1.88. The largest absolute Gasteiger partial charge is 0.432 e. The second kappa shape index (κ2) is 7.63. The van der Waals surface area contributed by atoms with E-state index in [9.17, 15) is 39.2 Å². The molecule has 2 aromatic rings. The van der Waals surface area contributed by atoms with Crippen molar-refractivity contribution in [2.24, 2.45) is 5.41 Å². The molecule has 1 aromatic carbocycles. The summed E-state index contributed by atoms with van der Waals surface area (Å²) in [5, 5.41) is 9.05. The number of sulfonamides is 1. The number of hydrogen-bond acceptors (Lipinski definition) is 4. The van der Waals surface area contributed by atoms with Gasteiger partial charge in [0.05, 0.1) is 11.8 Å². The van der Waals surface area contributed by atoms with Crippen molar-refractivity contribution in [2.45, 2.75) is 36.9 Å². The Morgan fingerprint density at radius 3 is 2.48 bits per heavy atom. The van der Waals surface area contributed by atoms with Crippen molar-refractivity contribution in [3.63, 3.8) is 0 Å². The van der Waals surface area contributed by atoms with Gasteiger partial charge >= 0.3 is 12.8 Å². The summed E-state index contributed by atoms with van der Waals surface area (Å²) in [6.07, 6.45) is -5.88. The van der Waals surface area contributed by atoms with Crippen LogP contribution >= 0.6 is 0 Å². The summed E-state index contributed by atoms with van der Waals surface area (Å²) in [5.41, 5.74) is -3.76. The molecule has 0 radical (unpaired) electrons. The lowest BCUT2D eigenvalue weighted by atomic mass is 9.74. The van der Waals surface area contributed by atoms with Gasteiger partial charge in [0, 0.05) is 30.4 Å². The number of aromatic nitrogens is 1. The number of alkyl halides is 5. The average Bonchev–Trinajstić information content (AvgIpc) is 3.08. The van der Waals surface area contributed by atoms with Crippen LogP contribution in [0.2, 0.25) is 0 Å². The minimum Gasteiger partial charge on any atom is -0.432 e. The fraction of sp³-hybridized carbons (Fsp3) is 0.353. The molecule has 2 N–H and O–H groups in total. The third kappa shape index (κ3) is 4.14. The van der Waals surface area contributed by atoms with Crippen LogP contribution in [-0.2, 0) is 22.9 Å². The van der Waals surface area contributed by atoms with E-state index in [2.05, 4.69) is 9.72 Å².